The van der Waals surface area contributed by atoms with Gasteiger partial charge in [0.2, 0.25) is 0 Å². The van der Waals surface area contributed by atoms with Gasteiger partial charge in [-0.1, -0.05) is 27.2 Å². The van der Waals surface area contributed by atoms with Gasteiger partial charge in [0.05, 0.1) is 0 Å². The van der Waals surface area contributed by atoms with Crippen LogP contribution in [0.15, 0.2) is 0 Å². The first-order valence-corrected chi connectivity index (χ1v) is 7.55. The molecule has 1 amide bonds. The molecule has 0 saturated heterocycles. The van der Waals surface area contributed by atoms with Crippen molar-refractivity contribution in [2.24, 2.45) is 0 Å². The summed E-state index contributed by atoms with van der Waals surface area (Å²) in [5, 5.41) is 6.46. The summed E-state index contributed by atoms with van der Waals surface area (Å²) in [5.41, 5.74) is -0.437. The Labute approximate surface area is 118 Å². The summed E-state index contributed by atoms with van der Waals surface area (Å²) in [4.78, 5) is 11.6. The van der Waals surface area contributed by atoms with Gasteiger partial charge in [0, 0.05) is 18.6 Å². The van der Waals surface area contributed by atoms with E-state index >= 15 is 0 Å². The molecule has 0 aromatic rings. The minimum absolute atomic E-state index is 0.322. The number of hydrogen-bond donors (Lipinski definition) is 2. The van der Waals surface area contributed by atoms with Crippen LogP contribution in [0.1, 0.15) is 67.2 Å². The molecule has 1 unspecified atom stereocenters. The SMILES string of the molecule is CCCC(CNC(=O)OC(C)(C)C)NC(CC)CC. The van der Waals surface area contributed by atoms with Crippen molar-refractivity contribution in [3.05, 3.63) is 0 Å². The number of rotatable bonds is 8. The van der Waals surface area contributed by atoms with Crippen molar-refractivity contribution in [2.45, 2.75) is 84.9 Å². The molecule has 0 aliphatic heterocycles. The maximum absolute atomic E-state index is 11.6. The molecular weight excluding hydrogens is 240 g/mol. The second kappa shape index (κ2) is 9.18. The molecule has 0 aliphatic rings. The van der Waals surface area contributed by atoms with Crippen LogP contribution in [-0.2, 0) is 4.74 Å². The zero-order valence-corrected chi connectivity index (χ0v) is 13.5. The molecular formula is C15H32N2O2. The van der Waals surface area contributed by atoms with E-state index < -0.39 is 5.60 Å². The first-order chi connectivity index (χ1) is 8.82. The lowest BCUT2D eigenvalue weighted by atomic mass is 10.1. The average molecular weight is 272 g/mol. The van der Waals surface area contributed by atoms with Gasteiger partial charge in [-0.15, -0.1) is 0 Å². The summed E-state index contributed by atoms with van der Waals surface area (Å²) >= 11 is 0. The molecule has 2 N–H and O–H groups in total. The first kappa shape index (κ1) is 18.2. The van der Waals surface area contributed by atoms with E-state index in [1.54, 1.807) is 0 Å². The third kappa shape index (κ3) is 9.77. The van der Waals surface area contributed by atoms with Crippen molar-refractivity contribution in [3.63, 3.8) is 0 Å². The van der Waals surface area contributed by atoms with E-state index in [4.69, 9.17) is 4.74 Å². The average Bonchev–Trinajstić information content (AvgIpc) is 2.30. The molecule has 0 aromatic heterocycles. The largest absolute Gasteiger partial charge is 0.444 e. The van der Waals surface area contributed by atoms with Crippen LogP contribution in [0.4, 0.5) is 4.79 Å². The lowest BCUT2D eigenvalue weighted by Crippen LogP contribution is -2.46. The molecule has 0 spiro atoms. The van der Waals surface area contributed by atoms with E-state index in [2.05, 4.69) is 31.4 Å². The summed E-state index contributed by atoms with van der Waals surface area (Å²) in [6, 6.07) is 0.847. The number of alkyl carbamates (subject to hydrolysis) is 1. The van der Waals surface area contributed by atoms with Crippen LogP contribution in [0.2, 0.25) is 0 Å². The Morgan fingerprint density at radius 3 is 2.11 bits per heavy atom. The number of carbonyl (C=O) groups is 1. The van der Waals surface area contributed by atoms with Crippen LogP contribution in [0.3, 0.4) is 0 Å². The predicted molar refractivity (Wildman–Crippen MR) is 80.4 cm³/mol. The maximum Gasteiger partial charge on any atom is 0.407 e. The van der Waals surface area contributed by atoms with Crippen molar-refractivity contribution in [3.8, 4) is 0 Å². The fourth-order valence-corrected chi connectivity index (χ4v) is 1.97. The lowest BCUT2D eigenvalue weighted by molar-refractivity contribution is 0.0520. The highest BCUT2D eigenvalue weighted by Crippen LogP contribution is 2.07. The second-order valence-corrected chi connectivity index (χ2v) is 6.05. The monoisotopic (exact) mass is 272 g/mol. The molecule has 0 heterocycles. The van der Waals surface area contributed by atoms with E-state index in [9.17, 15) is 4.79 Å². The van der Waals surface area contributed by atoms with E-state index in [0.717, 1.165) is 25.7 Å². The third-order valence-electron chi connectivity index (χ3n) is 2.99. The van der Waals surface area contributed by atoms with Crippen molar-refractivity contribution < 1.29 is 9.53 Å². The van der Waals surface area contributed by atoms with Crippen LogP contribution in [0.5, 0.6) is 0 Å². The minimum atomic E-state index is -0.437. The number of carbonyl (C=O) groups excluding carboxylic acids is 1. The fraction of sp³-hybridized carbons (Fsp3) is 0.933. The molecule has 0 bridgehead atoms. The molecule has 4 nitrogen and oxygen atoms in total. The standard InChI is InChI=1S/C15H32N2O2/c1-7-10-13(17-12(8-2)9-3)11-16-14(18)19-15(4,5)6/h12-13,17H,7-11H2,1-6H3,(H,16,18). The number of ether oxygens (including phenoxy) is 1. The number of nitrogens with one attached hydrogen (secondary N) is 2. The van der Waals surface area contributed by atoms with Crippen molar-refractivity contribution in [2.75, 3.05) is 6.54 Å². The molecule has 114 valence electrons. The smallest absolute Gasteiger partial charge is 0.407 e. The van der Waals surface area contributed by atoms with Gasteiger partial charge in [-0.05, 0) is 40.0 Å². The number of amides is 1. The normalized spacial score (nSPS) is 13.4. The van der Waals surface area contributed by atoms with Gasteiger partial charge in [0.25, 0.3) is 0 Å². The topological polar surface area (TPSA) is 50.4 Å². The van der Waals surface area contributed by atoms with Gasteiger partial charge in [-0.2, -0.15) is 0 Å². The third-order valence-corrected chi connectivity index (χ3v) is 2.99. The minimum Gasteiger partial charge on any atom is -0.444 e. The second-order valence-electron chi connectivity index (χ2n) is 6.05. The Kier molecular flexibility index (Phi) is 8.81. The molecule has 0 aromatic carbocycles. The Bertz CT molecular complexity index is 245. The van der Waals surface area contributed by atoms with Gasteiger partial charge >= 0.3 is 6.09 Å². The molecule has 1 atom stereocenters. The first-order valence-electron chi connectivity index (χ1n) is 7.55. The Morgan fingerprint density at radius 2 is 1.68 bits per heavy atom. The molecule has 0 aliphatic carbocycles. The van der Waals surface area contributed by atoms with Gasteiger partial charge in [0.1, 0.15) is 5.60 Å². The van der Waals surface area contributed by atoms with Crippen molar-refractivity contribution in [1.82, 2.24) is 10.6 Å². The molecule has 0 fully saturated rings. The van der Waals surface area contributed by atoms with E-state index in [1.807, 2.05) is 20.8 Å². The summed E-state index contributed by atoms with van der Waals surface area (Å²) < 4.78 is 5.25. The zero-order valence-electron chi connectivity index (χ0n) is 13.5. The molecule has 0 radical (unpaired) electrons. The van der Waals surface area contributed by atoms with Crippen LogP contribution in [0.25, 0.3) is 0 Å². The van der Waals surface area contributed by atoms with Gasteiger partial charge in [-0.25, -0.2) is 4.79 Å². The fourth-order valence-electron chi connectivity index (χ4n) is 1.97. The molecule has 4 heteroatoms. The predicted octanol–water partition coefficient (Wildman–Crippen LogP) is 3.46. The van der Waals surface area contributed by atoms with Crippen LogP contribution in [-0.4, -0.2) is 30.3 Å². The molecule has 0 saturated carbocycles. The van der Waals surface area contributed by atoms with Gasteiger partial charge < -0.3 is 15.4 Å². The van der Waals surface area contributed by atoms with Crippen LogP contribution in [0, 0.1) is 0 Å². The quantitative estimate of drug-likeness (QED) is 0.711. The van der Waals surface area contributed by atoms with Crippen LogP contribution >= 0.6 is 0 Å². The van der Waals surface area contributed by atoms with E-state index in [1.165, 1.54) is 0 Å². The summed E-state index contributed by atoms with van der Waals surface area (Å²) in [6.07, 6.45) is 4.06. The van der Waals surface area contributed by atoms with Crippen molar-refractivity contribution in [1.29, 1.82) is 0 Å². The summed E-state index contributed by atoms with van der Waals surface area (Å²) in [6.45, 7) is 12.8. The Morgan fingerprint density at radius 1 is 1.11 bits per heavy atom. The van der Waals surface area contributed by atoms with E-state index in [-0.39, 0.29) is 6.09 Å². The number of hydrogen-bond acceptors (Lipinski definition) is 3. The highest BCUT2D eigenvalue weighted by Gasteiger charge is 2.18. The highest BCUT2D eigenvalue weighted by molar-refractivity contribution is 5.67. The molecule has 19 heavy (non-hydrogen) atoms. The van der Waals surface area contributed by atoms with E-state index in [0.29, 0.717) is 18.6 Å². The highest BCUT2D eigenvalue weighted by atomic mass is 16.6. The summed E-state index contributed by atoms with van der Waals surface area (Å²) in [7, 11) is 0. The molecule has 0 rings (SSSR count). The van der Waals surface area contributed by atoms with Crippen LogP contribution < -0.4 is 10.6 Å². The zero-order chi connectivity index (χ0) is 14.9. The maximum atomic E-state index is 11.6. The Hall–Kier alpha value is -0.770. The Balaban J connectivity index is 4.16. The summed E-state index contributed by atoms with van der Waals surface area (Å²) in [5.74, 6) is 0. The van der Waals surface area contributed by atoms with Crippen molar-refractivity contribution >= 4 is 6.09 Å². The van der Waals surface area contributed by atoms with Gasteiger partial charge in [0.15, 0.2) is 0 Å². The van der Waals surface area contributed by atoms with Gasteiger partial charge in [-0.3, -0.25) is 0 Å². The lowest BCUT2D eigenvalue weighted by Gasteiger charge is -2.25.